The lowest BCUT2D eigenvalue weighted by molar-refractivity contribution is -0.379. The van der Waals surface area contributed by atoms with Crippen LogP contribution >= 0.6 is 0 Å². The van der Waals surface area contributed by atoms with E-state index in [4.69, 9.17) is 28.4 Å². The van der Waals surface area contributed by atoms with Crippen LogP contribution in [0, 0.1) is 0 Å². The van der Waals surface area contributed by atoms with Crippen LogP contribution in [0.25, 0.3) is 0 Å². The number of ether oxygens (including phenoxy) is 6. The highest BCUT2D eigenvalue weighted by atomic mass is 16.8. The van der Waals surface area contributed by atoms with E-state index in [1.54, 1.807) is 6.08 Å². The molecule has 3 rings (SSSR count). The summed E-state index contributed by atoms with van der Waals surface area (Å²) in [7, 11) is 0. The lowest BCUT2D eigenvalue weighted by Gasteiger charge is -2.48. The average molecular weight is 814 g/mol. The van der Waals surface area contributed by atoms with E-state index >= 15 is 0 Å². The smallest absolute Gasteiger partial charge is 0.217 e. The van der Waals surface area contributed by atoms with Crippen LogP contribution in [0.5, 0.6) is 0 Å². The highest BCUT2D eigenvalue weighted by molar-refractivity contribution is 5.73. The molecule has 3 fully saturated rings. The molecule has 0 aliphatic carbocycles. The second kappa shape index (κ2) is 25.2. The molecule has 1 amide bonds. The molecule has 3 aliphatic heterocycles. The van der Waals surface area contributed by atoms with E-state index in [9.17, 15) is 61.0 Å². The van der Waals surface area contributed by atoms with Crippen molar-refractivity contribution in [2.24, 2.45) is 0 Å². The summed E-state index contributed by atoms with van der Waals surface area (Å²) in [6.45, 7) is 0.679. The minimum absolute atomic E-state index is 0.369. The fourth-order valence-electron chi connectivity index (χ4n) is 6.99. The Morgan fingerprint density at radius 1 is 0.625 bits per heavy atom. The van der Waals surface area contributed by atoms with Gasteiger partial charge in [-0.2, -0.15) is 0 Å². The molecule has 19 nitrogen and oxygen atoms in total. The molecular formula is C37H67NO18. The molecule has 3 saturated heterocycles. The zero-order valence-corrected chi connectivity index (χ0v) is 32.4. The van der Waals surface area contributed by atoms with Gasteiger partial charge in [-0.25, -0.2) is 0 Å². The molecule has 0 saturated carbocycles. The molecule has 0 aromatic heterocycles. The summed E-state index contributed by atoms with van der Waals surface area (Å²) in [6, 6.07) is -0.966. The summed E-state index contributed by atoms with van der Waals surface area (Å²) in [5, 5.41) is 117. The molecule has 0 aromatic rings. The molecule has 0 spiro atoms. The summed E-state index contributed by atoms with van der Waals surface area (Å²) < 4.78 is 33.5. The van der Waals surface area contributed by atoms with Crippen molar-refractivity contribution in [1.82, 2.24) is 5.32 Å². The van der Waals surface area contributed by atoms with Crippen molar-refractivity contribution in [3.05, 3.63) is 12.2 Å². The highest BCUT2D eigenvalue weighted by Gasteiger charge is 2.53. The van der Waals surface area contributed by atoms with Gasteiger partial charge >= 0.3 is 0 Å². The quantitative estimate of drug-likeness (QED) is 0.0346. The third-order valence-electron chi connectivity index (χ3n) is 10.4. The van der Waals surface area contributed by atoms with Gasteiger partial charge in [0.2, 0.25) is 5.91 Å². The van der Waals surface area contributed by atoms with Crippen molar-refractivity contribution in [2.45, 2.75) is 189 Å². The first-order valence-corrected chi connectivity index (χ1v) is 19.9. The molecule has 0 bridgehead atoms. The maximum absolute atomic E-state index is 11.9. The largest absolute Gasteiger partial charge is 0.394 e. The molecule has 17 unspecified atom stereocenters. The van der Waals surface area contributed by atoms with Gasteiger partial charge in [-0.3, -0.25) is 4.79 Å². The fraction of sp³-hybridized carbons (Fsp3) is 0.919. The van der Waals surface area contributed by atoms with Gasteiger partial charge in [0.25, 0.3) is 0 Å². The molecular weight excluding hydrogens is 746 g/mol. The van der Waals surface area contributed by atoms with Crippen LogP contribution in [0.15, 0.2) is 12.2 Å². The maximum atomic E-state index is 11.9. The first-order chi connectivity index (χ1) is 26.8. The molecule has 56 heavy (non-hydrogen) atoms. The predicted molar refractivity (Wildman–Crippen MR) is 194 cm³/mol. The van der Waals surface area contributed by atoms with Gasteiger partial charge < -0.3 is 89.9 Å². The molecule has 0 aromatic carbocycles. The van der Waals surface area contributed by atoms with Crippen LogP contribution in [0.1, 0.15) is 84.5 Å². The van der Waals surface area contributed by atoms with Gasteiger partial charge in [-0.05, 0) is 12.8 Å². The number of aliphatic hydroxyl groups is 11. The van der Waals surface area contributed by atoms with Gasteiger partial charge in [0.05, 0.1) is 38.6 Å². The van der Waals surface area contributed by atoms with Gasteiger partial charge in [0.15, 0.2) is 18.9 Å². The van der Waals surface area contributed by atoms with E-state index < -0.39 is 130 Å². The maximum Gasteiger partial charge on any atom is 0.217 e. The fourth-order valence-corrected chi connectivity index (χ4v) is 6.99. The minimum Gasteiger partial charge on any atom is -0.394 e. The Kier molecular flexibility index (Phi) is 22.0. The van der Waals surface area contributed by atoms with E-state index in [0.717, 1.165) is 25.7 Å². The molecule has 17 atom stereocenters. The van der Waals surface area contributed by atoms with Crippen molar-refractivity contribution < 1.29 is 89.4 Å². The summed E-state index contributed by atoms with van der Waals surface area (Å²) >= 11 is 0. The second-order valence-electron chi connectivity index (χ2n) is 14.8. The lowest BCUT2D eigenvalue weighted by Crippen LogP contribution is -2.66. The van der Waals surface area contributed by atoms with Crippen molar-refractivity contribution in [1.29, 1.82) is 0 Å². The van der Waals surface area contributed by atoms with E-state index in [0.29, 0.717) is 0 Å². The summed E-state index contributed by atoms with van der Waals surface area (Å²) in [5.41, 5.74) is 0. The van der Waals surface area contributed by atoms with Crippen LogP contribution in [0.3, 0.4) is 0 Å². The summed E-state index contributed by atoms with van der Waals surface area (Å²) in [4.78, 5) is 11.9. The molecule has 3 aliphatic rings. The minimum atomic E-state index is -1.97. The Hall–Kier alpha value is -1.47. The van der Waals surface area contributed by atoms with Gasteiger partial charge in [0.1, 0.15) is 73.2 Å². The van der Waals surface area contributed by atoms with E-state index in [2.05, 4.69) is 12.2 Å². The normalized spacial score (nSPS) is 37.8. The number of aliphatic hydroxyl groups excluding tert-OH is 11. The van der Waals surface area contributed by atoms with E-state index in [-0.39, 0.29) is 6.61 Å². The number of nitrogens with one attached hydrogen (secondary N) is 1. The average Bonchev–Trinajstić information content (AvgIpc) is 3.18. The molecule has 12 N–H and O–H groups in total. The lowest BCUT2D eigenvalue weighted by atomic mass is 9.96. The number of hydrogen-bond donors (Lipinski definition) is 12. The zero-order valence-electron chi connectivity index (χ0n) is 32.4. The Morgan fingerprint density at radius 2 is 1.07 bits per heavy atom. The van der Waals surface area contributed by atoms with Crippen LogP contribution in [-0.2, 0) is 33.2 Å². The van der Waals surface area contributed by atoms with Gasteiger partial charge in [-0.15, -0.1) is 0 Å². The van der Waals surface area contributed by atoms with Crippen LogP contribution in [0.4, 0.5) is 0 Å². The van der Waals surface area contributed by atoms with Crippen LogP contribution < -0.4 is 5.32 Å². The van der Waals surface area contributed by atoms with E-state index in [1.807, 2.05) is 6.08 Å². The van der Waals surface area contributed by atoms with Crippen molar-refractivity contribution >= 4 is 5.91 Å². The number of carbonyl (C=O) groups is 1. The Labute approximate surface area is 327 Å². The number of amides is 1. The summed E-state index contributed by atoms with van der Waals surface area (Å²) in [5.74, 6) is -0.456. The molecule has 19 heteroatoms. The highest BCUT2D eigenvalue weighted by Crippen LogP contribution is 2.32. The van der Waals surface area contributed by atoms with Crippen LogP contribution in [0.2, 0.25) is 0 Å². The number of hydrogen-bond acceptors (Lipinski definition) is 18. The topological polar surface area (TPSA) is 307 Å². The molecule has 328 valence electrons. The first-order valence-electron chi connectivity index (χ1n) is 19.9. The van der Waals surface area contributed by atoms with Gasteiger partial charge in [0, 0.05) is 6.92 Å². The Bertz CT molecular complexity index is 1120. The van der Waals surface area contributed by atoms with Crippen molar-refractivity contribution in [2.75, 3.05) is 26.4 Å². The SMILES string of the molecule is CCCCCCCCCCCC/C=C/C(O)C(COC1OC(CO)C(OC2OC(CO)C(OC3OC(CO)C(O)C(O)C3O)C(O)C2O)C(O)C1O)NC(C)=O. The third kappa shape index (κ3) is 14.1. The standard InChI is InChI=1S/C37H67NO18/c1-3-4-5-6-7-8-9-10-11-12-13-14-15-22(43)21(38-20(2)42)19-51-35-31(49)28(46)33(24(17-40)53-35)56-37-32(50)29(47)34(25(18-41)54-37)55-36-30(48)27(45)26(44)23(16-39)52-36/h14-15,21-37,39-41,43-50H,3-13,16-19H2,1-2H3,(H,38,42)/b15-14+. The van der Waals surface area contributed by atoms with Crippen molar-refractivity contribution in [3.63, 3.8) is 0 Å². The van der Waals surface area contributed by atoms with Gasteiger partial charge in [-0.1, -0.05) is 76.9 Å². The van der Waals surface area contributed by atoms with E-state index in [1.165, 1.54) is 51.9 Å². The number of carbonyl (C=O) groups excluding carboxylic acids is 1. The predicted octanol–water partition coefficient (Wildman–Crippen LogP) is -2.82. The first kappa shape index (κ1) is 48.9. The second-order valence-corrected chi connectivity index (χ2v) is 14.8. The number of rotatable bonds is 24. The number of unbranched alkanes of at least 4 members (excludes halogenated alkanes) is 10. The molecule has 3 heterocycles. The Balaban J connectivity index is 1.53. The zero-order chi connectivity index (χ0) is 41.4. The summed E-state index contributed by atoms with van der Waals surface area (Å²) in [6.07, 6.45) is -10.6. The third-order valence-corrected chi connectivity index (χ3v) is 10.4. The Morgan fingerprint density at radius 3 is 1.57 bits per heavy atom. The molecule has 0 radical (unpaired) electrons. The monoisotopic (exact) mass is 813 g/mol. The van der Waals surface area contributed by atoms with Crippen LogP contribution in [-0.4, -0.2) is 193 Å². The number of allylic oxidation sites excluding steroid dienone is 1. The van der Waals surface area contributed by atoms with Crippen molar-refractivity contribution in [3.8, 4) is 0 Å².